The maximum Gasteiger partial charge on any atom is 0.573 e. The summed E-state index contributed by atoms with van der Waals surface area (Å²) < 4.78 is 41.8. The van der Waals surface area contributed by atoms with Gasteiger partial charge in [-0.15, -0.1) is 13.2 Å². The zero-order valence-electron chi connectivity index (χ0n) is 11.2. The van der Waals surface area contributed by atoms with E-state index in [1.54, 1.807) is 12.1 Å². The molecule has 0 saturated carbocycles. The molecule has 0 atom stereocenters. The van der Waals surface area contributed by atoms with Crippen LogP contribution in [0.5, 0.6) is 5.75 Å². The van der Waals surface area contributed by atoms with Crippen LogP contribution in [0.25, 0.3) is 11.1 Å². The molecule has 0 unspecified atom stereocenters. The minimum Gasteiger partial charge on any atom is -0.405 e. The molecule has 2 aromatic rings. The lowest BCUT2D eigenvalue weighted by molar-refractivity contribution is -0.274. The number of fused-ring (bicyclic) bond motifs is 1. The summed E-state index contributed by atoms with van der Waals surface area (Å²) >= 11 is 0. The fourth-order valence-electron chi connectivity index (χ4n) is 2.67. The number of nitrogens with one attached hydrogen (secondary N) is 1. The summed E-state index contributed by atoms with van der Waals surface area (Å²) in [6.07, 6.45) is -2.88. The van der Waals surface area contributed by atoms with E-state index >= 15 is 0 Å². The lowest BCUT2D eigenvalue weighted by atomic mass is 9.92. The second kappa shape index (κ2) is 5.31. The van der Waals surface area contributed by atoms with Gasteiger partial charge in [0.15, 0.2) is 0 Å². The number of hydrogen-bond donors (Lipinski definition) is 1. The topological polar surface area (TPSA) is 21.3 Å². The molecule has 3 rings (SSSR count). The first-order valence-electron chi connectivity index (χ1n) is 6.75. The van der Waals surface area contributed by atoms with Gasteiger partial charge in [0.2, 0.25) is 0 Å². The zero-order chi connectivity index (χ0) is 14.9. The molecule has 1 aliphatic heterocycles. The number of halogens is 3. The van der Waals surface area contributed by atoms with Gasteiger partial charge in [0.05, 0.1) is 0 Å². The van der Waals surface area contributed by atoms with Crippen LogP contribution in [-0.2, 0) is 6.42 Å². The molecule has 110 valence electrons. The van der Waals surface area contributed by atoms with Gasteiger partial charge < -0.3 is 10.1 Å². The molecule has 0 bridgehead atoms. The molecule has 0 saturated heterocycles. The molecule has 1 heterocycles. The molecule has 0 amide bonds. The Bertz CT molecular complexity index is 652. The van der Waals surface area contributed by atoms with Crippen molar-refractivity contribution < 1.29 is 17.9 Å². The lowest BCUT2D eigenvalue weighted by Gasteiger charge is -2.22. The first-order chi connectivity index (χ1) is 10.0. The van der Waals surface area contributed by atoms with E-state index in [1.165, 1.54) is 12.1 Å². The molecule has 5 heteroatoms. The highest BCUT2D eigenvalue weighted by Crippen LogP contribution is 2.38. The second-order valence-electron chi connectivity index (χ2n) is 4.91. The minimum atomic E-state index is -4.69. The van der Waals surface area contributed by atoms with E-state index in [0.29, 0.717) is 5.56 Å². The van der Waals surface area contributed by atoms with Gasteiger partial charge in [0.1, 0.15) is 5.75 Å². The number of para-hydroxylation sites is 1. The summed E-state index contributed by atoms with van der Waals surface area (Å²) in [4.78, 5) is 0. The van der Waals surface area contributed by atoms with Crippen molar-refractivity contribution in [2.45, 2.75) is 19.2 Å². The smallest absolute Gasteiger partial charge is 0.405 e. The van der Waals surface area contributed by atoms with Gasteiger partial charge in [0, 0.05) is 17.8 Å². The highest BCUT2D eigenvalue weighted by Gasteiger charge is 2.32. The normalized spacial score (nSPS) is 14.2. The molecular weight excluding hydrogens is 279 g/mol. The number of anilines is 1. The maximum absolute atomic E-state index is 12.5. The van der Waals surface area contributed by atoms with Gasteiger partial charge in [-0.3, -0.25) is 0 Å². The Kier molecular flexibility index (Phi) is 3.49. The number of ether oxygens (including phenoxy) is 1. The lowest BCUT2D eigenvalue weighted by Crippen LogP contribution is -2.18. The Hall–Kier alpha value is -2.17. The van der Waals surface area contributed by atoms with Crippen LogP contribution in [0.3, 0.4) is 0 Å². The summed E-state index contributed by atoms with van der Waals surface area (Å²) in [7, 11) is 0. The van der Waals surface area contributed by atoms with Crippen LogP contribution in [0.15, 0.2) is 42.5 Å². The molecule has 21 heavy (non-hydrogen) atoms. The van der Waals surface area contributed by atoms with Crippen molar-refractivity contribution in [3.63, 3.8) is 0 Å². The standard InChI is InChI=1S/C16H14F3NO/c17-16(18,19)21-15-9-2-1-5-13(15)11-6-3-8-14-12(11)7-4-10-20-14/h1-3,5-6,8-9,20H,4,7,10H2. The summed E-state index contributed by atoms with van der Waals surface area (Å²) in [5.74, 6) is -0.163. The van der Waals surface area contributed by atoms with Crippen molar-refractivity contribution in [2.75, 3.05) is 11.9 Å². The van der Waals surface area contributed by atoms with Crippen LogP contribution in [0.4, 0.5) is 18.9 Å². The Morgan fingerprint density at radius 1 is 0.952 bits per heavy atom. The zero-order valence-corrected chi connectivity index (χ0v) is 11.2. The molecule has 2 nitrogen and oxygen atoms in total. The molecule has 0 aliphatic carbocycles. The first-order valence-corrected chi connectivity index (χ1v) is 6.75. The van der Waals surface area contributed by atoms with E-state index in [9.17, 15) is 13.2 Å². The minimum absolute atomic E-state index is 0.163. The van der Waals surface area contributed by atoms with Crippen molar-refractivity contribution in [3.05, 3.63) is 48.0 Å². The van der Waals surface area contributed by atoms with E-state index < -0.39 is 6.36 Å². The maximum atomic E-state index is 12.5. The highest BCUT2D eigenvalue weighted by atomic mass is 19.4. The van der Waals surface area contributed by atoms with E-state index in [1.807, 2.05) is 18.2 Å². The Morgan fingerprint density at radius 3 is 2.52 bits per heavy atom. The van der Waals surface area contributed by atoms with Crippen LogP contribution < -0.4 is 10.1 Å². The van der Waals surface area contributed by atoms with Crippen LogP contribution in [0.1, 0.15) is 12.0 Å². The predicted octanol–water partition coefficient (Wildman–Crippen LogP) is 4.61. The summed E-state index contributed by atoms with van der Waals surface area (Å²) in [6.45, 7) is 0.886. The summed E-state index contributed by atoms with van der Waals surface area (Å²) in [5, 5.41) is 3.28. The SMILES string of the molecule is FC(F)(F)Oc1ccccc1-c1cccc2c1CCCN2. The predicted molar refractivity (Wildman–Crippen MR) is 75.4 cm³/mol. The number of hydrogen-bond acceptors (Lipinski definition) is 2. The van der Waals surface area contributed by atoms with Crippen molar-refractivity contribution in [2.24, 2.45) is 0 Å². The van der Waals surface area contributed by atoms with Gasteiger partial charge >= 0.3 is 6.36 Å². The summed E-state index contributed by atoms with van der Waals surface area (Å²) in [5.41, 5.74) is 3.29. The van der Waals surface area contributed by atoms with Gasteiger partial charge in [-0.05, 0) is 36.1 Å². The molecule has 1 N–H and O–H groups in total. The van der Waals surface area contributed by atoms with Gasteiger partial charge in [0.25, 0.3) is 0 Å². The Morgan fingerprint density at radius 2 is 1.71 bits per heavy atom. The van der Waals surface area contributed by atoms with Crippen LogP contribution in [0.2, 0.25) is 0 Å². The Balaban J connectivity index is 2.09. The number of benzene rings is 2. The van der Waals surface area contributed by atoms with Crippen molar-refractivity contribution in [1.29, 1.82) is 0 Å². The van der Waals surface area contributed by atoms with Gasteiger partial charge in [-0.2, -0.15) is 0 Å². The molecule has 0 spiro atoms. The molecule has 0 fully saturated rings. The van der Waals surface area contributed by atoms with Crippen molar-refractivity contribution in [1.82, 2.24) is 0 Å². The van der Waals surface area contributed by atoms with E-state index in [2.05, 4.69) is 10.1 Å². The quantitative estimate of drug-likeness (QED) is 0.873. The van der Waals surface area contributed by atoms with E-state index in [0.717, 1.165) is 36.2 Å². The monoisotopic (exact) mass is 293 g/mol. The first kappa shape index (κ1) is 13.8. The summed E-state index contributed by atoms with van der Waals surface area (Å²) in [6, 6.07) is 11.9. The van der Waals surface area contributed by atoms with E-state index in [-0.39, 0.29) is 5.75 Å². The van der Waals surface area contributed by atoms with Crippen molar-refractivity contribution >= 4 is 5.69 Å². The average Bonchev–Trinajstić information content (AvgIpc) is 2.46. The van der Waals surface area contributed by atoms with E-state index in [4.69, 9.17) is 0 Å². The third kappa shape index (κ3) is 2.96. The number of rotatable bonds is 2. The third-order valence-corrected chi connectivity index (χ3v) is 3.50. The fourth-order valence-corrected chi connectivity index (χ4v) is 2.67. The van der Waals surface area contributed by atoms with Gasteiger partial charge in [-0.25, -0.2) is 0 Å². The number of alkyl halides is 3. The van der Waals surface area contributed by atoms with Crippen LogP contribution >= 0.6 is 0 Å². The molecule has 0 aromatic heterocycles. The fraction of sp³-hybridized carbons (Fsp3) is 0.250. The Labute approximate surface area is 120 Å². The van der Waals surface area contributed by atoms with Crippen molar-refractivity contribution in [3.8, 4) is 16.9 Å². The highest BCUT2D eigenvalue weighted by molar-refractivity contribution is 5.78. The molecular formula is C16H14F3NO. The average molecular weight is 293 g/mol. The van der Waals surface area contributed by atoms with Crippen LogP contribution in [-0.4, -0.2) is 12.9 Å². The van der Waals surface area contributed by atoms with Gasteiger partial charge in [-0.1, -0.05) is 30.3 Å². The third-order valence-electron chi connectivity index (χ3n) is 3.50. The molecule has 2 aromatic carbocycles. The largest absolute Gasteiger partial charge is 0.573 e. The second-order valence-corrected chi connectivity index (χ2v) is 4.91. The van der Waals surface area contributed by atoms with Crippen LogP contribution in [0, 0.1) is 0 Å². The molecule has 1 aliphatic rings. The molecule has 0 radical (unpaired) electrons.